The van der Waals surface area contributed by atoms with E-state index in [0.29, 0.717) is 12.2 Å². The van der Waals surface area contributed by atoms with Crippen LogP contribution in [0.5, 0.6) is 5.75 Å². The fourth-order valence-electron chi connectivity index (χ4n) is 2.50. The highest BCUT2D eigenvalue weighted by atomic mass is 16.5. The van der Waals surface area contributed by atoms with E-state index in [1.807, 2.05) is 54.1 Å². The van der Waals surface area contributed by atoms with E-state index in [1.165, 1.54) is 0 Å². The highest BCUT2D eigenvalue weighted by Crippen LogP contribution is 2.22. The SMILES string of the molecule is CCCOc1ccc(NC(=O)c2cccc(-n3ccnc3)c2)c(C)c1. The molecule has 0 atom stereocenters. The number of nitrogens with zero attached hydrogens (tertiary/aromatic N) is 2. The molecule has 1 heterocycles. The Labute approximate surface area is 147 Å². The lowest BCUT2D eigenvalue weighted by atomic mass is 10.1. The molecular weight excluding hydrogens is 314 g/mol. The summed E-state index contributed by atoms with van der Waals surface area (Å²) >= 11 is 0. The number of aryl methyl sites for hydroxylation is 1. The second-order valence-electron chi connectivity index (χ2n) is 5.80. The first-order chi connectivity index (χ1) is 12.2. The standard InChI is InChI=1S/C20H21N3O2/c1-3-11-25-18-7-8-19(15(2)12-18)22-20(24)16-5-4-6-17(13-16)23-10-9-21-14-23/h4-10,12-14H,3,11H2,1-2H3,(H,22,24). The lowest BCUT2D eigenvalue weighted by molar-refractivity contribution is 0.102. The third kappa shape index (κ3) is 4.07. The van der Waals surface area contributed by atoms with E-state index in [-0.39, 0.29) is 5.91 Å². The lowest BCUT2D eigenvalue weighted by Crippen LogP contribution is -2.13. The molecule has 1 amide bonds. The summed E-state index contributed by atoms with van der Waals surface area (Å²) in [6.45, 7) is 4.71. The molecule has 0 aliphatic heterocycles. The number of rotatable bonds is 6. The van der Waals surface area contributed by atoms with Crippen molar-refractivity contribution in [2.24, 2.45) is 0 Å². The highest BCUT2D eigenvalue weighted by Gasteiger charge is 2.09. The third-order valence-corrected chi connectivity index (χ3v) is 3.83. The molecule has 2 aromatic carbocycles. The lowest BCUT2D eigenvalue weighted by Gasteiger charge is -2.12. The number of amides is 1. The van der Waals surface area contributed by atoms with Gasteiger partial charge in [0.1, 0.15) is 5.75 Å². The number of ether oxygens (including phenoxy) is 1. The number of anilines is 1. The molecule has 0 radical (unpaired) electrons. The van der Waals surface area contributed by atoms with E-state index >= 15 is 0 Å². The summed E-state index contributed by atoms with van der Waals surface area (Å²) in [6, 6.07) is 13.1. The summed E-state index contributed by atoms with van der Waals surface area (Å²) in [4.78, 5) is 16.6. The van der Waals surface area contributed by atoms with Crippen LogP contribution in [-0.4, -0.2) is 22.1 Å². The van der Waals surface area contributed by atoms with Crippen LogP contribution in [0.3, 0.4) is 0 Å². The molecule has 128 valence electrons. The number of hydrogen-bond acceptors (Lipinski definition) is 3. The van der Waals surface area contributed by atoms with Crippen LogP contribution in [0.2, 0.25) is 0 Å². The van der Waals surface area contributed by atoms with E-state index in [4.69, 9.17) is 4.74 Å². The van der Waals surface area contributed by atoms with Crippen molar-refractivity contribution < 1.29 is 9.53 Å². The quantitative estimate of drug-likeness (QED) is 0.734. The van der Waals surface area contributed by atoms with Gasteiger partial charge in [0, 0.05) is 29.3 Å². The van der Waals surface area contributed by atoms with Gasteiger partial charge in [0.25, 0.3) is 5.91 Å². The van der Waals surface area contributed by atoms with Crippen LogP contribution < -0.4 is 10.1 Å². The van der Waals surface area contributed by atoms with Crippen molar-refractivity contribution in [3.05, 3.63) is 72.3 Å². The van der Waals surface area contributed by atoms with Gasteiger partial charge in [-0.05, 0) is 55.3 Å². The number of hydrogen-bond donors (Lipinski definition) is 1. The Morgan fingerprint density at radius 1 is 1.24 bits per heavy atom. The van der Waals surface area contributed by atoms with Crippen LogP contribution in [0.15, 0.2) is 61.2 Å². The minimum Gasteiger partial charge on any atom is -0.494 e. The maximum atomic E-state index is 12.6. The Bertz CT molecular complexity index is 857. The van der Waals surface area contributed by atoms with E-state index < -0.39 is 0 Å². The van der Waals surface area contributed by atoms with Gasteiger partial charge in [-0.3, -0.25) is 4.79 Å². The van der Waals surface area contributed by atoms with Crippen LogP contribution in [0.4, 0.5) is 5.69 Å². The van der Waals surface area contributed by atoms with Gasteiger partial charge < -0.3 is 14.6 Å². The molecule has 0 bridgehead atoms. The van der Waals surface area contributed by atoms with Crippen molar-refractivity contribution in [1.29, 1.82) is 0 Å². The minimum absolute atomic E-state index is 0.146. The zero-order valence-corrected chi connectivity index (χ0v) is 14.4. The van der Waals surface area contributed by atoms with Gasteiger partial charge in [-0.2, -0.15) is 0 Å². The molecule has 0 spiro atoms. The van der Waals surface area contributed by atoms with Crippen LogP contribution in [0.1, 0.15) is 29.3 Å². The van der Waals surface area contributed by atoms with Crippen LogP contribution in [-0.2, 0) is 0 Å². The minimum atomic E-state index is -0.146. The summed E-state index contributed by atoms with van der Waals surface area (Å²) in [6.07, 6.45) is 6.22. The molecule has 5 nitrogen and oxygen atoms in total. The fourth-order valence-corrected chi connectivity index (χ4v) is 2.50. The monoisotopic (exact) mass is 335 g/mol. The van der Waals surface area contributed by atoms with Gasteiger partial charge in [0.15, 0.2) is 0 Å². The third-order valence-electron chi connectivity index (χ3n) is 3.83. The predicted octanol–water partition coefficient (Wildman–Crippen LogP) is 4.22. The summed E-state index contributed by atoms with van der Waals surface area (Å²) in [7, 11) is 0. The molecule has 1 N–H and O–H groups in total. The molecule has 0 fully saturated rings. The molecule has 0 aliphatic rings. The second-order valence-corrected chi connectivity index (χ2v) is 5.80. The Hall–Kier alpha value is -3.08. The molecular formula is C20H21N3O2. The first-order valence-electron chi connectivity index (χ1n) is 8.30. The van der Waals surface area contributed by atoms with Gasteiger partial charge in [-0.15, -0.1) is 0 Å². The van der Waals surface area contributed by atoms with Gasteiger partial charge >= 0.3 is 0 Å². The Morgan fingerprint density at radius 2 is 2.12 bits per heavy atom. The number of nitrogens with one attached hydrogen (secondary N) is 1. The highest BCUT2D eigenvalue weighted by molar-refractivity contribution is 6.05. The summed E-state index contributed by atoms with van der Waals surface area (Å²) in [5, 5.41) is 2.96. The Kier molecular flexibility index (Phi) is 5.14. The normalized spacial score (nSPS) is 10.5. The maximum Gasteiger partial charge on any atom is 0.255 e. The van der Waals surface area contributed by atoms with Crippen molar-refractivity contribution in [3.63, 3.8) is 0 Å². The molecule has 3 aromatic rings. The van der Waals surface area contributed by atoms with Crippen LogP contribution in [0, 0.1) is 6.92 Å². The van der Waals surface area contributed by atoms with Crippen LogP contribution in [0.25, 0.3) is 5.69 Å². The van der Waals surface area contributed by atoms with Crippen molar-refractivity contribution >= 4 is 11.6 Å². The summed E-state index contributed by atoms with van der Waals surface area (Å²) < 4.78 is 7.48. The van der Waals surface area contributed by atoms with Gasteiger partial charge in [-0.1, -0.05) is 13.0 Å². The van der Waals surface area contributed by atoms with Crippen LogP contribution >= 0.6 is 0 Å². The smallest absolute Gasteiger partial charge is 0.255 e. The fraction of sp³-hybridized carbons (Fsp3) is 0.200. The van der Waals surface area contributed by atoms with Crippen molar-refractivity contribution in [3.8, 4) is 11.4 Å². The zero-order valence-electron chi connectivity index (χ0n) is 14.4. The molecule has 0 saturated carbocycles. The molecule has 0 unspecified atom stereocenters. The second kappa shape index (κ2) is 7.66. The molecule has 1 aromatic heterocycles. The number of carbonyl (C=O) groups excluding carboxylic acids is 1. The van der Waals surface area contributed by atoms with E-state index in [1.54, 1.807) is 18.6 Å². The van der Waals surface area contributed by atoms with E-state index in [9.17, 15) is 4.79 Å². The maximum absolute atomic E-state index is 12.6. The Balaban J connectivity index is 1.75. The number of benzene rings is 2. The predicted molar refractivity (Wildman–Crippen MR) is 98.5 cm³/mol. The van der Waals surface area contributed by atoms with Gasteiger partial charge in [0.05, 0.1) is 12.9 Å². The van der Waals surface area contributed by atoms with Crippen molar-refractivity contribution in [2.75, 3.05) is 11.9 Å². The topological polar surface area (TPSA) is 56.1 Å². The van der Waals surface area contributed by atoms with Crippen molar-refractivity contribution in [1.82, 2.24) is 9.55 Å². The molecule has 0 saturated heterocycles. The molecule has 25 heavy (non-hydrogen) atoms. The Morgan fingerprint density at radius 3 is 2.84 bits per heavy atom. The van der Waals surface area contributed by atoms with Gasteiger partial charge in [-0.25, -0.2) is 4.98 Å². The number of imidazole rings is 1. The average Bonchev–Trinajstić information content (AvgIpc) is 3.17. The summed E-state index contributed by atoms with van der Waals surface area (Å²) in [5.74, 6) is 0.673. The van der Waals surface area contributed by atoms with E-state index in [0.717, 1.165) is 29.1 Å². The number of aromatic nitrogens is 2. The molecule has 3 rings (SSSR count). The first-order valence-corrected chi connectivity index (χ1v) is 8.30. The van der Waals surface area contributed by atoms with E-state index in [2.05, 4.69) is 17.2 Å². The average molecular weight is 335 g/mol. The summed E-state index contributed by atoms with van der Waals surface area (Å²) in [5.41, 5.74) is 3.23. The molecule has 5 heteroatoms. The van der Waals surface area contributed by atoms with Gasteiger partial charge in [0.2, 0.25) is 0 Å². The zero-order chi connectivity index (χ0) is 17.6. The molecule has 0 aliphatic carbocycles. The number of carbonyl (C=O) groups is 1. The largest absolute Gasteiger partial charge is 0.494 e. The van der Waals surface area contributed by atoms with Crippen molar-refractivity contribution in [2.45, 2.75) is 20.3 Å². The first kappa shape index (κ1) is 16.8.